The molecule has 2 aromatic rings. The van der Waals surface area contributed by atoms with Gasteiger partial charge in [-0.15, -0.1) is 11.8 Å². The van der Waals surface area contributed by atoms with Gasteiger partial charge in [0, 0.05) is 0 Å². The van der Waals surface area contributed by atoms with E-state index in [1.807, 2.05) is 43.3 Å². The predicted molar refractivity (Wildman–Crippen MR) is 87.9 cm³/mol. The Morgan fingerprint density at radius 1 is 0.952 bits per heavy atom. The molecule has 0 amide bonds. The molecule has 0 saturated carbocycles. The molecule has 0 heterocycles. The third-order valence-corrected chi connectivity index (χ3v) is 4.92. The van der Waals surface area contributed by atoms with Crippen LogP contribution in [0.2, 0.25) is 0 Å². The lowest BCUT2D eigenvalue weighted by molar-refractivity contribution is 0.375. The Morgan fingerprint density at radius 3 is 1.86 bits per heavy atom. The van der Waals surface area contributed by atoms with E-state index in [1.165, 1.54) is 0 Å². The molecular weight excluding hydrogens is 305 g/mol. The van der Waals surface area contributed by atoms with E-state index in [0.29, 0.717) is 17.4 Å². The lowest BCUT2D eigenvalue weighted by atomic mass is 10.3. The van der Waals surface area contributed by atoms with E-state index >= 15 is 0 Å². The minimum absolute atomic E-state index is 0.493. The molecule has 21 heavy (non-hydrogen) atoms. The van der Waals surface area contributed by atoms with Crippen molar-refractivity contribution in [2.24, 2.45) is 0 Å². The molecule has 0 aliphatic rings. The molecule has 0 radical (unpaired) electrons. The Hall–Kier alpha value is -1.42. The molecule has 0 atom stereocenters. The van der Waals surface area contributed by atoms with Crippen molar-refractivity contribution in [3.8, 4) is 11.5 Å². The van der Waals surface area contributed by atoms with E-state index in [4.69, 9.17) is 9.05 Å². The molecule has 0 bridgehead atoms. The van der Waals surface area contributed by atoms with E-state index in [-0.39, 0.29) is 0 Å². The van der Waals surface area contributed by atoms with E-state index in [9.17, 15) is 4.57 Å². The molecule has 0 aromatic heterocycles. The van der Waals surface area contributed by atoms with Crippen molar-refractivity contribution in [1.29, 1.82) is 0 Å². The number of nitrogens with one attached hydrogen (secondary N) is 1. The second-order valence-electron chi connectivity index (χ2n) is 4.10. The summed E-state index contributed by atoms with van der Waals surface area (Å²) in [6, 6.07) is 18.0. The van der Waals surface area contributed by atoms with Crippen LogP contribution in [0.5, 0.6) is 11.5 Å². The SMILES string of the molecule is CCSCNP(=O)(Oc1ccccc1)Oc1ccccc1. The monoisotopic (exact) mass is 323 g/mol. The van der Waals surface area contributed by atoms with Crippen molar-refractivity contribution >= 4 is 19.5 Å². The molecule has 112 valence electrons. The Bertz CT molecular complexity index is 534. The second-order valence-corrected chi connectivity index (χ2v) is 7.05. The van der Waals surface area contributed by atoms with Crippen molar-refractivity contribution in [2.75, 3.05) is 11.6 Å². The molecule has 0 aliphatic carbocycles. The summed E-state index contributed by atoms with van der Waals surface area (Å²) in [5.41, 5.74) is 0. The average Bonchev–Trinajstić information content (AvgIpc) is 2.49. The third-order valence-electron chi connectivity index (χ3n) is 2.50. The van der Waals surface area contributed by atoms with E-state index in [0.717, 1.165) is 5.75 Å². The molecule has 2 aromatic carbocycles. The van der Waals surface area contributed by atoms with E-state index < -0.39 is 7.75 Å². The van der Waals surface area contributed by atoms with Gasteiger partial charge in [-0.05, 0) is 30.0 Å². The van der Waals surface area contributed by atoms with Crippen LogP contribution in [0.1, 0.15) is 6.92 Å². The quantitative estimate of drug-likeness (QED) is 0.438. The maximum atomic E-state index is 12.9. The van der Waals surface area contributed by atoms with Crippen LogP contribution >= 0.6 is 19.5 Å². The highest BCUT2D eigenvalue weighted by Crippen LogP contribution is 2.44. The molecule has 2 rings (SSSR count). The van der Waals surface area contributed by atoms with Crippen LogP contribution in [-0.4, -0.2) is 11.6 Å². The summed E-state index contributed by atoms with van der Waals surface area (Å²) in [6.07, 6.45) is 0. The summed E-state index contributed by atoms with van der Waals surface area (Å²) in [5, 5.41) is 2.87. The maximum absolute atomic E-state index is 12.9. The first-order chi connectivity index (χ1) is 10.2. The van der Waals surface area contributed by atoms with Crippen LogP contribution in [0.4, 0.5) is 0 Å². The van der Waals surface area contributed by atoms with Gasteiger partial charge >= 0.3 is 7.75 Å². The number of para-hydroxylation sites is 2. The third kappa shape index (κ3) is 5.46. The molecule has 1 N–H and O–H groups in total. The van der Waals surface area contributed by atoms with Crippen molar-refractivity contribution in [3.05, 3.63) is 60.7 Å². The Morgan fingerprint density at radius 2 is 1.43 bits per heavy atom. The topological polar surface area (TPSA) is 47.6 Å². The molecule has 0 unspecified atom stereocenters. The first-order valence-electron chi connectivity index (χ1n) is 6.64. The van der Waals surface area contributed by atoms with Crippen LogP contribution in [0.25, 0.3) is 0 Å². The number of hydrogen-bond acceptors (Lipinski definition) is 4. The highest BCUT2D eigenvalue weighted by atomic mass is 32.2. The normalized spacial score (nSPS) is 11.1. The number of benzene rings is 2. The highest BCUT2D eigenvalue weighted by molar-refractivity contribution is 7.99. The van der Waals surface area contributed by atoms with Crippen LogP contribution in [0, 0.1) is 0 Å². The fourth-order valence-corrected chi connectivity index (χ4v) is 3.72. The van der Waals surface area contributed by atoms with Gasteiger partial charge in [0.2, 0.25) is 0 Å². The van der Waals surface area contributed by atoms with Gasteiger partial charge in [-0.25, -0.2) is 4.57 Å². The Labute approximate surface area is 129 Å². The number of rotatable bonds is 8. The zero-order valence-corrected chi connectivity index (χ0v) is 13.5. The van der Waals surface area contributed by atoms with Crippen molar-refractivity contribution in [3.63, 3.8) is 0 Å². The van der Waals surface area contributed by atoms with Gasteiger partial charge in [0.05, 0.1) is 5.88 Å². The Kier molecular flexibility index (Phi) is 6.18. The first-order valence-corrected chi connectivity index (χ1v) is 9.34. The Balaban J connectivity index is 2.11. The highest BCUT2D eigenvalue weighted by Gasteiger charge is 2.27. The summed E-state index contributed by atoms with van der Waals surface area (Å²) < 4.78 is 24.0. The van der Waals surface area contributed by atoms with Gasteiger partial charge in [-0.2, -0.15) is 5.09 Å². The van der Waals surface area contributed by atoms with Gasteiger partial charge in [-0.3, -0.25) is 0 Å². The zero-order valence-electron chi connectivity index (χ0n) is 11.8. The van der Waals surface area contributed by atoms with Gasteiger partial charge < -0.3 is 9.05 Å². The summed E-state index contributed by atoms with van der Waals surface area (Å²) in [7, 11) is -3.46. The van der Waals surface area contributed by atoms with Crippen LogP contribution < -0.4 is 14.1 Å². The number of hydrogen-bond donors (Lipinski definition) is 1. The fourth-order valence-electron chi connectivity index (χ4n) is 1.55. The van der Waals surface area contributed by atoms with Crippen LogP contribution in [0.3, 0.4) is 0 Å². The number of thioether (sulfide) groups is 1. The largest absolute Gasteiger partial charge is 0.513 e. The molecular formula is C15H18NO3PS. The average molecular weight is 323 g/mol. The van der Waals surface area contributed by atoms with Gasteiger partial charge in [0.15, 0.2) is 0 Å². The molecule has 0 saturated heterocycles. The summed E-state index contributed by atoms with van der Waals surface area (Å²) in [4.78, 5) is 0. The van der Waals surface area contributed by atoms with Crippen LogP contribution in [-0.2, 0) is 4.57 Å². The summed E-state index contributed by atoms with van der Waals surface area (Å²) >= 11 is 1.61. The van der Waals surface area contributed by atoms with E-state index in [2.05, 4.69) is 5.09 Å². The van der Waals surface area contributed by atoms with Crippen LogP contribution in [0.15, 0.2) is 60.7 Å². The van der Waals surface area contributed by atoms with E-state index in [1.54, 1.807) is 36.0 Å². The smallest absolute Gasteiger partial charge is 0.405 e. The lowest BCUT2D eigenvalue weighted by Gasteiger charge is -2.20. The summed E-state index contributed by atoms with van der Waals surface area (Å²) in [5.74, 6) is 2.42. The maximum Gasteiger partial charge on any atom is 0.513 e. The standard InChI is InChI=1S/C15H18NO3PS/c1-2-21-13-16-20(17,18-14-9-5-3-6-10-14)19-15-11-7-4-8-12-15/h3-12H,2,13H2,1H3,(H,16,17). The molecule has 6 heteroatoms. The van der Waals surface area contributed by atoms with Gasteiger partial charge in [0.25, 0.3) is 0 Å². The lowest BCUT2D eigenvalue weighted by Crippen LogP contribution is -2.18. The minimum atomic E-state index is -3.46. The first kappa shape index (κ1) is 16.0. The minimum Gasteiger partial charge on any atom is -0.405 e. The molecule has 4 nitrogen and oxygen atoms in total. The summed E-state index contributed by atoms with van der Waals surface area (Å²) in [6.45, 7) is 2.04. The predicted octanol–water partition coefficient (Wildman–Crippen LogP) is 4.55. The van der Waals surface area contributed by atoms with Gasteiger partial charge in [-0.1, -0.05) is 43.3 Å². The van der Waals surface area contributed by atoms with Gasteiger partial charge in [0.1, 0.15) is 11.5 Å². The molecule has 0 fully saturated rings. The van der Waals surface area contributed by atoms with Crippen molar-refractivity contribution in [1.82, 2.24) is 5.09 Å². The fraction of sp³-hybridized carbons (Fsp3) is 0.200. The second kappa shape index (κ2) is 8.13. The molecule has 0 spiro atoms. The molecule has 0 aliphatic heterocycles. The van der Waals surface area contributed by atoms with Crippen molar-refractivity contribution < 1.29 is 13.6 Å². The van der Waals surface area contributed by atoms with Crippen molar-refractivity contribution in [2.45, 2.75) is 6.92 Å². The zero-order chi connectivity index (χ0) is 15.0.